The predicted octanol–water partition coefficient (Wildman–Crippen LogP) is 7.43. The van der Waals surface area contributed by atoms with Gasteiger partial charge in [0.2, 0.25) is 5.91 Å². The second-order valence-electron chi connectivity index (χ2n) is 8.69. The van der Waals surface area contributed by atoms with Crippen molar-refractivity contribution in [2.75, 3.05) is 7.05 Å². The van der Waals surface area contributed by atoms with Crippen LogP contribution in [0.3, 0.4) is 0 Å². The largest absolute Gasteiger partial charge is 0.501 e. The van der Waals surface area contributed by atoms with E-state index in [0.717, 1.165) is 51.9 Å². The summed E-state index contributed by atoms with van der Waals surface area (Å²) in [6, 6.07) is 16.8. The fourth-order valence-corrected chi connectivity index (χ4v) is 4.52. The number of rotatable bonds is 6. The molecule has 1 radical (unpaired) electrons. The summed E-state index contributed by atoms with van der Waals surface area (Å²) in [6.07, 6.45) is 6.17. The number of hydrogen-bond donors (Lipinski definition) is 1. The van der Waals surface area contributed by atoms with Gasteiger partial charge in [-0.3, -0.25) is 9.80 Å². The van der Waals surface area contributed by atoms with E-state index in [1.807, 2.05) is 40.1 Å². The van der Waals surface area contributed by atoms with Gasteiger partial charge in [-0.2, -0.15) is 5.10 Å². The second kappa shape index (κ2) is 14.6. The van der Waals surface area contributed by atoms with Crippen molar-refractivity contribution >= 4 is 34.9 Å². The molecule has 0 spiro atoms. The van der Waals surface area contributed by atoms with Crippen LogP contribution in [0.4, 0.5) is 0 Å². The molecule has 2 aromatic carbocycles. The Kier molecular flexibility index (Phi) is 12.2. The molecule has 0 saturated carbocycles. The van der Waals surface area contributed by atoms with E-state index in [1.165, 1.54) is 5.56 Å². The van der Waals surface area contributed by atoms with E-state index < -0.39 is 0 Å². The first-order valence-electron chi connectivity index (χ1n) is 12.4. The van der Waals surface area contributed by atoms with Crippen molar-refractivity contribution in [2.24, 2.45) is 5.10 Å². The van der Waals surface area contributed by atoms with Crippen LogP contribution >= 0.6 is 11.6 Å². The van der Waals surface area contributed by atoms with Gasteiger partial charge >= 0.3 is 0 Å². The molecule has 1 aliphatic carbocycles. The van der Waals surface area contributed by atoms with E-state index in [2.05, 4.69) is 72.5 Å². The molecule has 2 aliphatic rings. The number of hydrogen-bond acceptors (Lipinski definition) is 3. The summed E-state index contributed by atoms with van der Waals surface area (Å²) in [6.45, 7) is 14.1. The van der Waals surface area contributed by atoms with Crippen molar-refractivity contribution in [3.05, 3.63) is 112 Å². The Balaban J connectivity index is 0.00000157. The van der Waals surface area contributed by atoms with Gasteiger partial charge in [-0.15, -0.1) is 6.42 Å². The third-order valence-corrected chi connectivity index (χ3v) is 6.56. The monoisotopic (exact) mass is 589 g/mol. The van der Waals surface area contributed by atoms with E-state index in [4.69, 9.17) is 11.6 Å². The quantitative estimate of drug-likeness (QED) is 0.356. The number of aryl methyl sites for hydroxylation is 1. The van der Waals surface area contributed by atoms with Gasteiger partial charge < -0.3 is 5.32 Å². The molecule has 4 nitrogen and oxygen atoms in total. The summed E-state index contributed by atoms with van der Waals surface area (Å²) in [5, 5.41) is 9.71. The van der Waals surface area contributed by atoms with Crippen LogP contribution in [0, 0.1) is 13.5 Å². The molecule has 0 fully saturated rings. The van der Waals surface area contributed by atoms with Crippen LogP contribution in [0.15, 0.2) is 88.2 Å². The van der Waals surface area contributed by atoms with Crippen molar-refractivity contribution < 1.29 is 37.5 Å². The molecule has 1 amide bonds. The van der Waals surface area contributed by atoms with E-state index in [1.54, 1.807) is 11.6 Å². The van der Waals surface area contributed by atoms with Gasteiger partial charge in [-0.1, -0.05) is 103 Å². The Hall–Kier alpha value is -2.27. The molecule has 0 unspecified atom stereocenters. The maximum atomic E-state index is 12.6. The summed E-state index contributed by atoms with van der Waals surface area (Å²) in [5.41, 5.74) is 9.09. The topological polar surface area (TPSA) is 44.7 Å². The van der Waals surface area contributed by atoms with E-state index in [0.29, 0.717) is 17.0 Å². The fourth-order valence-electron chi connectivity index (χ4n) is 4.16. The molecule has 0 aromatic heterocycles. The van der Waals surface area contributed by atoms with Crippen molar-refractivity contribution in [1.82, 2.24) is 10.3 Å². The summed E-state index contributed by atoms with van der Waals surface area (Å²) >= 11 is 6.25. The molecule has 1 N–H and O–H groups in total. The molecule has 4 rings (SSSR count). The smallest absolute Gasteiger partial charge is 0.223 e. The third kappa shape index (κ3) is 7.63. The van der Waals surface area contributed by atoms with Crippen molar-refractivity contribution in [3.63, 3.8) is 0 Å². The van der Waals surface area contributed by atoms with E-state index >= 15 is 0 Å². The van der Waals surface area contributed by atoms with Crippen LogP contribution in [0.25, 0.3) is 11.1 Å². The molecule has 0 atom stereocenters. The Morgan fingerprint density at radius 1 is 1.08 bits per heavy atom. The van der Waals surface area contributed by atoms with Gasteiger partial charge in [0, 0.05) is 55.9 Å². The summed E-state index contributed by atoms with van der Waals surface area (Å²) < 4.78 is 0. The maximum Gasteiger partial charge on any atom is 0.223 e. The van der Waals surface area contributed by atoms with Crippen LogP contribution in [0.2, 0.25) is 0 Å². The number of allylic oxidation sites excluding steroid dienone is 4. The number of carbonyl (C=O) groups excluding carboxylic acids is 1. The number of amides is 1. The Morgan fingerprint density at radius 3 is 2.32 bits per heavy atom. The van der Waals surface area contributed by atoms with Crippen molar-refractivity contribution in [1.29, 1.82) is 0 Å². The number of hydrazone groups is 1. The molecule has 0 saturated heterocycles. The summed E-state index contributed by atoms with van der Waals surface area (Å²) in [4.78, 5) is 12.6. The maximum absolute atomic E-state index is 12.6. The minimum absolute atomic E-state index is 0. The zero-order chi connectivity index (χ0) is 26.2. The van der Waals surface area contributed by atoms with Gasteiger partial charge in [0.05, 0.1) is 17.5 Å². The molecule has 6 heteroatoms. The first-order chi connectivity index (χ1) is 17.3. The number of likely N-dealkylation sites (N-methyl/N-ethyl adjacent to an activating group) is 1. The number of halogens is 1. The second-order valence-corrected chi connectivity index (χ2v) is 9.10. The van der Waals surface area contributed by atoms with Gasteiger partial charge in [0.25, 0.3) is 0 Å². The van der Waals surface area contributed by atoms with Crippen LogP contribution in [0.5, 0.6) is 0 Å². The predicted molar refractivity (Wildman–Crippen MR) is 153 cm³/mol. The fraction of sp³-hybridized carbons (Fsp3) is 0.258. The first-order valence-corrected chi connectivity index (χ1v) is 12.8. The zero-order valence-electron chi connectivity index (χ0n) is 22.4. The molecular formula is C31H35ClN3OY-. The van der Waals surface area contributed by atoms with Gasteiger partial charge in [0.15, 0.2) is 0 Å². The normalized spacial score (nSPS) is 15.0. The Bertz CT molecular complexity index is 1240. The van der Waals surface area contributed by atoms with Crippen molar-refractivity contribution in [3.8, 4) is 0 Å². The van der Waals surface area contributed by atoms with Gasteiger partial charge in [-0.25, -0.2) is 6.54 Å². The number of carbonyl (C=O) groups is 1. The van der Waals surface area contributed by atoms with E-state index in [9.17, 15) is 4.79 Å². The molecule has 0 bridgehead atoms. The van der Waals surface area contributed by atoms with Crippen LogP contribution in [0.1, 0.15) is 55.9 Å². The average molecular weight is 590 g/mol. The molecule has 1 aliphatic heterocycles. The zero-order valence-corrected chi connectivity index (χ0v) is 26.0. The molecule has 2 aromatic rings. The molecule has 1 heterocycles. The Morgan fingerprint density at radius 2 is 1.70 bits per heavy atom. The minimum atomic E-state index is -0.149. The minimum Gasteiger partial charge on any atom is -0.501 e. The Labute approximate surface area is 252 Å². The third-order valence-electron chi connectivity index (χ3n) is 6.22. The number of benzene rings is 2. The van der Waals surface area contributed by atoms with Crippen LogP contribution < -0.4 is 5.32 Å². The van der Waals surface area contributed by atoms with Crippen LogP contribution in [-0.2, 0) is 43.9 Å². The molecule has 37 heavy (non-hydrogen) atoms. The number of nitrogens with one attached hydrogen (secondary N) is 1. The standard InChI is InChI=1S/C29H29ClN3O.C2H6.Y/c1-19-8-12-23(13-9-19)25-18-32-33(4)21(3)28(25)24-14-10-22(11-15-24)16-17-31-29(34)27-20(2)6-5-7-26(27)30;1-2;/h7-15,17-18H,3,5-6,16H2,1-2,4H3,(H,31,34);1-2H3;/q-1;;. The van der Waals surface area contributed by atoms with Gasteiger partial charge in [-0.05, 0) is 37.8 Å². The van der Waals surface area contributed by atoms with Crippen LogP contribution in [-0.4, -0.2) is 24.2 Å². The van der Waals surface area contributed by atoms with E-state index in [-0.39, 0.29) is 38.6 Å². The van der Waals surface area contributed by atoms with Gasteiger partial charge in [0.1, 0.15) is 0 Å². The summed E-state index contributed by atoms with van der Waals surface area (Å²) in [7, 11) is 1.90. The first kappa shape index (κ1) is 31.0. The molecule has 191 valence electrons. The summed E-state index contributed by atoms with van der Waals surface area (Å²) in [5.74, 6) is -0.149. The molecular weight excluding hydrogens is 555 g/mol. The number of nitrogens with zero attached hydrogens (tertiary/aromatic N) is 2. The SMILES string of the molecule is C=C1C(c2ccc(C[CH-]NC(=O)C3=C(C)CCC=C3Cl)cc2)=C(c2ccc(C)cc2)C=NN1C.CC.[Y]. The average Bonchev–Trinajstić information content (AvgIpc) is 2.88. The van der Waals surface area contributed by atoms with Crippen molar-refractivity contribution in [2.45, 2.75) is 47.0 Å².